The maximum absolute atomic E-state index is 14.1. The van der Waals surface area contributed by atoms with Crippen molar-refractivity contribution in [2.24, 2.45) is 0 Å². The van der Waals surface area contributed by atoms with E-state index in [1.54, 1.807) is 48.6 Å². The Labute approximate surface area is 241 Å². The first-order valence-electron chi connectivity index (χ1n) is 13.7. The number of amides is 2. The highest BCUT2D eigenvalue weighted by atomic mass is 31.2. The number of nitrogens with one attached hydrogen (secondary N) is 1. The quantitative estimate of drug-likeness (QED) is 0.139. The Kier molecular flexibility index (Phi) is 13.0. The molecule has 0 spiro atoms. The summed E-state index contributed by atoms with van der Waals surface area (Å²) in [6.07, 6.45) is 0.907. The van der Waals surface area contributed by atoms with E-state index in [1.807, 2.05) is 0 Å². The molecule has 0 saturated carbocycles. The number of rotatable bonds is 13. The molecule has 0 heterocycles. The predicted octanol–water partition coefficient (Wildman–Crippen LogP) is 8.03. The molecule has 0 radical (unpaired) electrons. The van der Waals surface area contributed by atoms with E-state index in [0.717, 1.165) is 6.07 Å². The Morgan fingerprint density at radius 2 is 1.57 bits per heavy atom. The van der Waals surface area contributed by atoms with Crippen molar-refractivity contribution >= 4 is 22.2 Å². The van der Waals surface area contributed by atoms with Gasteiger partial charge in [0.1, 0.15) is 0 Å². The van der Waals surface area contributed by atoms with Crippen molar-refractivity contribution < 1.29 is 36.1 Å². The third-order valence-electron chi connectivity index (χ3n) is 6.47. The summed E-state index contributed by atoms with van der Waals surface area (Å²) in [5, 5.41) is 2.63. The van der Waals surface area contributed by atoms with Crippen molar-refractivity contribution in [3.05, 3.63) is 35.4 Å². The van der Waals surface area contributed by atoms with E-state index in [0.29, 0.717) is 12.8 Å². The van der Waals surface area contributed by atoms with E-state index in [-0.39, 0.29) is 36.4 Å². The lowest BCUT2D eigenvalue weighted by Crippen LogP contribution is -2.49. The zero-order chi connectivity index (χ0) is 31.2. The normalized spacial score (nSPS) is 14.2. The predicted molar refractivity (Wildman–Crippen MR) is 158 cm³/mol. The van der Waals surface area contributed by atoms with Gasteiger partial charge in [-0.25, -0.2) is 18.1 Å². The summed E-state index contributed by atoms with van der Waals surface area (Å²) in [5.74, 6) is -1.95. The Bertz CT molecular complexity index is 1000. The summed E-state index contributed by atoms with van der Waals surface area (Å²) in [6, 6.07) is 3.03. The van der Waals surface area contributed by atoms with Crippen LogP contribution in [0.4, 0.5) is 13.6 Å². The standard InChI is InChI=1S/C28H51F2N2O6PSi/c1-26(2,3)37-39(34,38-27(4,5)6)35-18-14-16-22(20-36-40(11,12)28(7,8)9)32(10)25(33)31-19-21-15-13-17-23(29)24(21)30/h13,15,17,22H,14,16,18-20H2,1-12H3,(H,31,33)/t22-/m0/s1. The van der Waals surface area contributed by atoms with Crippen LogP contribution in [0.1, 0.15) is 80.7 Å². The van der Waals surface area contributed by atoms with Crippen molar-refractivity contribution in [3.8, 4) is 0 Å². The van der Waals surface area contributed by atoms with Crippen molar-refractivity contribution in [3.63, 3.8) is 0 Å². The molecule has 1 rings (SSSR count). The number of benzene rings is 1. The number of phosphoric ester groups is 1. The number of hydrogen-bond donors (Lipinski definition) is 1. The summed E-state index contributed by atoms with van der Waals surface area (Å²) < 4.78 is 64.5. The minimum atomic E-state index is -3.87. The van der Waals surface area contributed by atoms with Gasteiger partial charge >= 0.3 is 13.9 Å². The highest BCUT2D eigenvalue weighted by molar-refractivity contribution is 7.48. The molecule has 1 atom stereocenters. The number of phosphoric acid groups is 1. The van der Waals surface area contributed by atoms with Crippen LogP contribution in [0.3, 0.4) is 0 Å². The van der Waals surface area contributed by atoms with Gasteiger partial charge in [0, 0.05) is 19.2 Å². The SMILES string of the molecule is CN(C(=O)NCc1cccc(F)c1F)[C@@H](CCCOP(=O)(OC(C)(C)C)OC(C)(C)C)CO[Si](C)(C)C(C)(C)C. The molecule has 0 unspecified atom stereocenters. The van der Waals surface area contributed by atoms with Crippen LogP contribution in [0.2, 0.25) is 18.1 Å². The van der Waals surface area contributed by atoms with Crippen LogP contribution >= 0.6 is 7.82 Å². The Balaban J connectivity index is 2.97. The monoisotopic (exact) mass is 608 g/mol. The van der Waals surface area contributed by atoms with Crippen molar-refractivity contribution in [2.75, 3.05) is 20.3 Å². The zero-order valence-corrected chi connectivity index (χ0v) is 28.3. The van der Waals surface area contributed by atoms with E-state index in [2.05, 4.69) is 39.2 Å². The van der Waals surface area contributed by atoms with E-state index in [4.69, 9.17) is 18.0 Å². The molecule has 2 amide bonds. The molecule has 0 fully saturated rings. The van der Waals surface area contributed by atoms with Crippen LogP contribution in [0.5, 0.6) is 0 Å². The fraction of sp³-hybridized carbons (Fsp3) is 0.750. The van der Waals surface area contributed by atoms with Gasteiger partial charge in [0.25, 0.3) is 0 Å². The maximum Gasteiger partial charge on any atom is 0.475 e. The highest BCUT2D eigenvalue weighted by Gasteiger charge is 2.39. The van der Waals surface area contributed by atoms with Crippen LogP contribution in [-0.4, -0.2) is 56.8 Å². The average molecular weight is 609 g/mol. The summed E-state index contributed by atoms with van der Waals surface area (Å²) >= 11 is 0. The summed E-state index contributed by atoms with van der Waals surface area (Å²) in [4.78, 5) is 14.5. The third-order valence-corrected chi connectivity index (χ3v) is 13.0. The molecule has 232 valence electrons. The molecule has 40 heavy (non-hydrogen) atoms. The molecule has 0 bridgehead atoms. The smallest absolute Gasteiger partial charge is 0.415 e. The molecule has 1 N–H and O–H groups in total. The molecule has 0 aliphatic carbocycles. The number of likely N-dealkylation sites (N-methyl/N-ethyl adjacent to an activating group) is 1. The minimum Gasteiger partial charge on any atom is -0.415 e. The molecule has 0 aromatic heterocycles. The van der Waals surface area contributed by atoms with Crippen molar-refractivity contribution in [1.29, 1.82) is 0 Å². The second-order valence-corrected chi connectivity index (χ2v) is 19.9. The molecule has 0 aliphatic heterocycles. The zero-order valence-electron chi connectivity index (χ0n) is 26.4. The van der Waals surface area contributed by atoms with E-state index in [9.17, 15) is 18.1 Å². The first kappa shape index (κ1) is 36.7. The van der Waals surface area contributed by atoms with Gasteiger partial charge in [0.05, 0.1) is 30.5 Å². The van der Waals surface area contributed by atoms with Crippen LogP contribution < -0.4 is 5.32 Å². The van der Waals surface area contributed by atoms with Crippen LogP contribution in [0.15, 0.2) is 18.2 Å². The van der Waals surface area contributed by atoms with Gasteiger partial charge in [-0.05, 0) is 78.6 Å². The number of nitrogens with zero attached hydrogens (tertiary/aromatic N) is 1. The van der Waals surface area contributed by atoms with Crippen LogP contribution in [0.25, 0.3) is 0 Å². The number of urea groups is 1. The maximum atomic E-state index is 14.1. The number of halogens is 2. The van der Waals surface area contributed by atoms with Crippen molar-refractivity contribution in [2.45, 2.75) is 117 Å². The molecule has 0 aliphatic rings. The molecule has 8 nitrogen and oxygen atoms in total. The molecular weight excluding hydrogens is 557 g/mol. The average Bonchev–Trinajstić information content (AvgIpc) is 2.75. The summed E-state index contributed by atoms with van der Waals surface area (Å²) in [6.45, 7) is 21.5. The first-order chi connectivity index (χ1) is 18.0. The van der Waals surface area contributed by atoms with Crippen LogP contribution in [-0.2, 0) is 29.1 Å². The topological polar surface area (TPSA) is 86.3 Å². The van der Waals surface area contributed by atoms with Gasteiger partial charge < -0.3 is 14.6 Å². The molecule has 0 saturated heterocycles. The largest absolute Gasteiger partial charge is 0.475 e. The lowest BCUT2D eigenvalue weighted by Gasteiger charge is -2.38. The fourth-order valence-corrected chi connectivity index (χ4v) is 6.17. The molecular formula is C28H51F2N2O6PSi. The first-order valence-corrected chi connectivity index (χ1v) is 18.1. The Morgan fingerprint density at radius 3 is 2.08 bits per heavy atom. The summed E-state index contributed by atoms with van der Waals surface area (Å²) in [5.41, 5.74) is -1.45. The van der Waals surface area contributed by atoms with Gasteiger partial charge in [-0.15, -0.1) is 0 Å². The number of carbonyl (C=O) groups is 1. The lowest BCUT2D eigenvalue weighted by molar-refractivity contribution is 0.00241. The van der Waals surface area contributed by atoms with E-state index < -0.39 is 45.0 Å². The fourth-order valence-electron chi connectivity index (χ4n) is 3.29. The molecule has 12 heteroatoms. The summed E-state index contributed by atoms with van der Waals surface area (Å²) in [7, 11) is -4.36. The van der Waals surface area contributed by atoms with Crippen molar-refractivity contribution in [1.82, 2.24) is 10.2 Å². The highest BCUT2D eigenvalue weighted by Crippen LogP contribution is 2.55. The molecule has 1 aromatic carbocycles. The number of carbonyl (C=O) groups excluding carboxylic acids is 1. The lowest BCUT2D eigenvalue weighted by atomic mass is 10.1. The van der Waals surface area contributed by atoms with Crippen LogP contribution in [0, 0.1) is 11.6 Å². The van der Waals surface area contributed by atoms with Gasteiger partial charge in [-0.1, -0.05) is 32.9 Å². The number of hydrogen-bond acceptors (Lipinski definition) is 6. The van der Waals surface area contributed by atoms with Gasteiger partial charge in [0.15, 0.2) is 20.0 Å². The van der Waals surface area contributed by atoms with Gasteiger partial charge in [0.2, 0.25) is 0 Å². The van der Waals surface area contributed by atoms with Gasteiger partial charge in [-0.2, -0.15) is 0 Å². The molecule has 1 aromatic rings. The minimum absolute atomic E-state index is 0.0301. The van der Waals surface area contributed by atoms with E-state index in [1.165, 1.54) is 17.0 Å². The third kappa shape index (κ3) is 12.7. The van der Waals surface area contributed by atoms with E-state index >= 15 is 0 Å². The van der Waals surface area contributed by atoms with Gasteiger partial charge in [-0.3, -0.25) is 13.6 Å². The Morgan fingerprint density at radius 1 is 1.02 bits per heavy atom. The second-order valence-electron chi connectivity index (χ2n) is 13.5. The Hall–Kier alpha value is -1.36. The second kappa shape index (κ2) is 14.2.